The van der Waals surface area contributed by atoms with Gasteiger partial charge in [-0.3, -0.25) is 4.79 Å². The predicted octanol–water partition coefficient (Wildman–Crippen LogP) is 2.98. The standard InChI is InChI=1S/C22H25NO5/c1-15(21(24)23-13-12-17-6-4-5-7-18(17)14-23)28-22(25)16(2)27-20-10-8-19(26-3)9-11-20/h4-11,15-16H,12-14H2,1-3H3. The summed E-state index contributed by atoms with van der Waals surface area (Å²) in [6.45, 7) is 4.35. The number of carbonyl (C=O) groups is 2. The molecule has 1 heterocycles. The molecule has 6 nitrogen and oxygen atoms in total. The van der Waals surface area contributed by atoms with Gasteiger partial charge in [0.1, 0.15) is 11.5 Å². The molecule has 2 aromatic rings. The third kappa shape index (κ3) is 4.63. The number of rotatable bonds is 6. The molecule has 0 fully saturated rings. The Bertz CT molecular complexity index is 833. The van der Waals surface area contributed by atoms with E-state index in [-0.39, 0.29) is 5.91 Å². The molecule has 0 spiro atoms. The SMILES string of the molecule is COc1ccc(OC(C)C(=O)OC(C)C(=O)N2CCc3ccccc3C2)cc1. The Hall–Kier alpha value is -3.02. The topological polar surface area (TPSA) is 65.1 Å². The van der Waals surface area contributed by atoms with Crippen molar-refractivity contribution in [3.63, 3.8) is 0 Å². The normalized spacial score (nSPS) is 15.2. The van der Waals surface area contributed by atoms with Crippen LogP contribution in [0.5, 0.6) is 11.5 Å². The van der Waals surface area contributed by atoms with Crippen molar-refractivity contribution < 1.29 is 23.8 Å². The van der Waals surface area contributed by atoms with Crippen LogP contribution >= 0.6 is 0 Å². The maximum Gasteiger partial charge on any atom is 0.347 e. The highest BCUT2D eigenvalue weighted by Gasteiger charge is 2.28. The fraction of sp³-hybridized carbons (Fsp3) is 0.364. The molecule has 0 N–H and O–H groups in total. The third-order valence-corrected chi connectivity index (χ3v) is 4.79. The van der Waals surface area contributed by atoms with Gasteiger partial charge in [0.25, 0.3) is 5.91 Å². The molecule has 0 saturated heterocycles. The number of methoxy groups -OCH3 is 1. The first-order valence-electron chi connectivity index (χ1n) is 9.34. The highest BCUT2D eigenvalue weighted by atomic mass is 16.6. The van der Waals surface area contributed by atoms with E-state index in [0.717, 1.165) is 12.0 Å². The van der Waals surface area contributed by atoms with Crippen LogP contribution in [0, 0.1) is 0 Å². The first-order valence-corrected chi connectivity index (χ1v) is 9.34. The average Bonchev–Trinajstić information content (AvgIpc) is 2.73. The molecule has 0 radical (unpaired) electrons. The lowest BCUT2D eigenvalue weighted by Crippen LogP contribution is -2.43. The summed E-state index contributed by atoms with van der Waals surface area (Å²) >= 11 is 0. The molecule has 2 aromatic carbocycles. The van der Waals surface area contributed by atoms with Crippen molar-refractivity contribution in [2.24, 2.45) is 0 Å². The molecule has 6 heteroatoms. The van der Waals surface area contributed by atoms with E-state index in [0.29, 0.717) is 24.6 Å². The summed E-state index contributed by atoms with van der Waals surface area (Å²) in [6, 6.07) is 15.0. The van der Waals surface area contributed by atoms with Crippen LogP contribution in [-0.2, 0) is 27.3 Å². The monoisotopic (exact) mass is 383 g/mol. The van der Waals surface area contributed by atoms with Gasteiger partial charge >= 0.3 is 5.97 Å². The van der Waals surface area contributed by atoms with Crippen LogP contribution in [0.3, 0.4) is 0 Å². The summed E-state index contributed by atoms with van der Waals surface area (Å²) in [6.07, 6.45) is -0.884. The van der Waals surface area contributed by atoms with Crippen molar-refractivity contribution in [2.45, 2.75) is 39.0 Å². The zero-order valence-corrected chi connectivity index (χ0v) is 16.4. The highest BCUT2D eigenvalue weighted by Crippen LogP contribution is 2.21. The summed E-state index contributed by atoms with van der Waals surface area (Å²) in [5.74, 6) is 0.454. The number of fused-ring (bicyclic) bond motifs is 1. The van der Waals surface area contributed by atoms with E-state index < -0.39 is 18.2 Å². The van der Waals surface area contributed by atoms with E-state index in [9.17, 15) is 9.59 Å². The Balaban J connectivity index is 1.53. The minimum atomic E-state index is -0.861. The fourth-order valence-electron chi connectivity index (χ4n) is 3.17. The van der Waals surface area contributed by atoms with Crippen LogP contribution < -0.4 is 9.47 Å². The molecule has 28 heavy (non-hydrogen) atoms. The summed E-state index contributed by atoms with van der Waals surface area (Å²) in [7, 11) is 1.58. The molecule has 0 saturated carbocycles. The molecule has 3 rings (SSSR count). The fourth-order valence-corrected chi connectivity index (χ4v) is 3.17. The van der Waals surface area contributed by atoms with E-state index in [1.807, 2.05) is 18.2 Å². The zero-order chi connectivity index (χ0) is 20.1. The molecule has 0 aromatic heterocycles. The summed E-state index contributed by atoms with van der Waals surface area (Å²) in [4.78, 5) is 26.7. The lowest BCUT2D eigenvalue weighted by atomic mass is 9.99. The largest absolute Gasteiger partial charge is 0.497 e. The van der Waals surface area contributed by atoms with E-state index in [1.54, 1.807) is 50.1 Å². The second-order valence-corrected chi connectivity index (χ2v) is 6.79. The third-order valence-electron chi connectivity index (χ3n) is 4.79. The van der Waals surface area contributed by atoms with Crippen LogP contribution in [0.2, 0.25) is 0 Å². The van der Waals surface area contributed by atoms with Crippen LogP contribution in [0.1, 0.15) is 25.0 Å². The number of hydrogen-bond donors (Lipinski definition) is 0. The van der Waals surface area contributed by atoms with Crippen molar-refractivity contribution in [2.75, 3.05) is 13.7 Å². The maximum atomic E-state index is 12.7. The van der Waals surface area contributed by atoms with Gasteiger partial charge < -0.3 is 19.1 Å². The van der Waals surface area contributed by atoms with Gasteiger partial charge in [0.15, 0.2) is 12.2 Å². The van der Waals surface area contributed by atoms with Gasteiger partial charge in [-0.1, -0.05) is 24.3 Å². The van der Waals surface area contributed by atoms with E-state index >= 15 is 0 Å². The number of amides is 1. The lowest BCUT2D eigenvalue weighted by molar-refractivity contribution is -0.164. The molecular weight excluding hydrogens is 358 g/mol. The van der Waals surface area contributed by atoms with Crippen molar-refractivity contribution in [1.82, 2.24) is 4.90 Å². The van der Waals surface area contributed by atoms with E-state index in [1.165, 1.54) is 5.56 Å². The van der Waals surface area contributed by atoms with Gasteiger partial charge in [-0.05, 0) is 55.7 Å². The summed E-state index contributed by atoms with van der Waals surface area (Å²) < 4.78 is 16.0. The summed E-state index contributed by atoms with van der Waals surface area (Å²) in [5.41, 5.74) is 2.40. The van der Waals surface area contributed by atoms with Crippen LogP contribution in [0.15, 0.2) is 48.5 Å². The van der Waals surface area contributed by atoms with Crippen LogP contribution in [0.4, 0.5) is 0 Å². The first kappa shape index (κ1) is 19.7. The maximum absolute atomic E-state index is 12.7. The van der Waals surface area contributed by atoms with Crippen molar-refractivity contribution in [3.05, 3.63) is 59.7 Å². The quantitative estimate of drug-likeness (QED) is 0.718. The molecule has 2 unspecified atom stereocenters. The molecule has 1 amide bonds. The number of esters is 1. The first-order chi connectivity index (χ1) is 13.5. The Morgan fingerprint density at radius 2 is 1.57 bits per heavy atom. The van der Waals surface area contributed by atoms with E-state index in [2.05, 4.69) is 6.07 Å². The average molecular weight is 383 g/mol. The van der Waals surface area contributed by atoms with Crippen LogP contribution in [-0.4, -0.2) is 42.6 Å². The number of ether oxygens (including phenoxy) is 3. The second-order valence-electron chi connectivity index (χ2n) is 6.79. The molecule has 1 aliphatic heterocycles. The van der Waals surface area contributed by atoms with Crippen molar-refractivity contribution >= 4 is 11.9 Å². The van der Waals surface area contributed by atoms with Gasteiger partial charge in [-0.15, -0.1) is 0 Å². The van der Waals surface area contributed by atoms with E-state index in [4.69, 9.17) is 14.2 Å². The number of carbonyl (C=O) groups excluding carboxylic acids is 2. The number of hydrogen-bond acceptors (Lipinski definition) is 5. The Morgan fingerprint density at radius 3 is 2.25 bits per heavy atom. The van der Waals surface area contributed by atoms with Gasteiger partial charge in [-0.25, -0.2) is 4.79 Å². The second kappa shape index (κ2) is 8.78. The minimum Gasteiger partial charge on any atom is -0.497 e. The molecule has 0 bridgehead atoms. The zero-order valence-electron chi connectivity index (χ0n) is 16.4. The highest BCUT2D eigenvalue weighted by molar-refractivity contribution is 5.84. The van der Waals surface area contributed by atoms with Gasteiger partial charge in [0, 0.05) is 13.1 Å². The molecule has 2 atom stereocenters. The Labute approximate surface area is 165 Å². The lowest BCUT2D eigenvalue weighted by Gasteiger charge is -2.31. The van der Waals surface area contributed by atoms with Crippen molar-refractivity contribution in [1.29, 1.82) is 0 Å². The van der Waals surface area contributed by atoms with Crippen LogP contribution in [0.25, 0.3) is 0 Å². The van der Waals surface area contributed by atoms with Gasteiger partial charge in [0.2, 0.25) is 0 Å². The molecule has 148 valence electrons. The Morgan fingerprint density at radius 1 is 0.929 bits per heavy atom. The molecule has 1 aliphatic rings. The smallest absolute Gasteiger partial charge is 0.347 e. The molecular formula is C22H25NO5. The predicted molar refractivity (Wildman–Crippen MR) is 104 cm³/mol. The molecule has 0 aliphatic carbocycles. The summed E-state index contributed by atoms with van der Waals surface area (Å²) in [5, 5.41) is 0. The van der Waals surface area contributed by atoms with Crippen molar-refractivity contribution in [3.8, 4) is 11.5 Å². The number of benzene rings is 2. The Kier molecular flexibility index (Phi) is 6.19. The van der Waals surface area contributed by atoms with Gasteiger partial charge in [0.05, 0.1) is 7.11 Å². The number of nitrogens with zero attached hydrogens (tertiary/aromatic N) is 1. The minimum absolute atomic E-state index is 0.195. The van der Waals surface area contributed by atoms with Gasteiger partial charge in [-0.2, -0.15) is 0 Å².